The van der Waals surface area contributed by atoms with Gasteiger partial charge in [0.25, 0.3) is 5.91 Å². The van der Waals surface area contributed by atoms with Crippen molar-refractivity contribution >= 4 is 23.2 Å². The minimum atomic E-state index is -0.109. The van der Waals surface area contributed by atoms with E-state index in [4.69, 9.17) is 0 Å². The van der Waals surface area contributed by atoms with E-state index in [-0.39, 0.29) is 12.5 Å². The Hall–Kier alpha value is -2.33. The SMILES string of the molecule is Cc1cc(C)c(C=C2C(=O)Nc3ccc(CO)cc32)[nH]1. The minimum Gasteiger partial charge on any atom is -0.392 e. The second-order valence-corrected chi connectivity index (χ2v) is 5.10. The summed E-state index contributed by atoms with van der Waals surface area (Å²) in [5, 5.41) is 12.1. The fourth-order valence-corrected chi connectivity index (χ4v) is 2.52. The van der Waals surface area contributed by atoms with Gasteiger partial charge in [-0.3, -0.25) is 4.79 Å². The minimum absolute atomic E-state index is 0.0324. The van der Waals surface area contributed by atoms with E-state index in [1.807, 2.05) is 44.2 Å². The second-order valence-electron chi connectivity index (χ2n) is 5.10. The first-order chi connectivity index (χ1) is 9.58. The van der Waals surface area contributed by atoms with Crippen molar-refractivity contribution in [2.75, 3.05) is 5.32 Å². The highest BCUT2D eigenvalue weighted by molar-refractivity contribution is 6.34. The molecular formula is C16H16N2O2. The third-order valence-corrected chi connectivity index (χ3v) is 3.53. The molecule has 1 aromatic heterocycles. The molecule has 4 heteroatoms. The van der Waals surface area contributed by atoms with E-state index in [9.17, 15) is 9.90 Å². The highest BCUT2D eigenvalue weighted by atomic mass is 16.3. The van der Waals surface area contributed by atoms with Crippen LogP contribution in [0.3, 0.4) is 0 Å². The lowest BCUT2D eigenvalue weighted by Gasteiger charge is -2.01. The zero-order valence-electron chi connectivity index (χ0n) is 11.4. The Labute approximate surface area is 117 Å². The summed E-state index contributed by atoms with van der Waals surface area (Å²) in [6, 6.07) is 7.53. The molecule has 0 saturated heterocycles. The number of aryl methyl sites for hydroxylation is 2. The number of aliphatic hydroxyl groups is 1. The molecule has 1 aliphatic heterocycles. The number of hydrogen-bond donors (Lipinski definition) is 3. The number of benzene rings is 1. The van der Waals surface area contributed by atoms with Gasteiger partial charge in [0, 0.05) is 22.6 Å². The van der Waals surface area contributed by atoms with Crippen LogP contribution in [0, 0.1) is 13.8 Å². The number of rotatable bonds is 2. The topological polar surface area (TPSA) is 65.1 Å². The summed E-state index contributed by atoms with van der Waals surface area (Å²) in [6.45, 7) is 3.96. The summed E-state index contributed by atoms with van der Waals surface area (Å²) >= 11 is 0. The van der Waals surface area contributed by atoms with Crippen LogP contribution in [0.5, 0.6) is 0 Å². The second kappa shape index (κ2) is 4.65. The molecule has 0 bridgehead atoms. The standard InChI is InChI=1S/C16H16N2O2/c1-9-5-10(2)17-15(9)7-13-12-6-11(8-19)3-4-14(12)18-16(13)20/h3-7,17,19H,8H2,1-2H3,(H,18,20). The third kappa shape index (κ3) is 2.04. The van der Waals surface area contributed by atoms with Crippen LogP contribution >= 0.6 is 0 Å². The van der Waals surface area contributed by atoms with Gasteiger partial charge in [-0.1, -0.05) is 6.07 Å². The summed E-state index contributed by atoms with van der Waals surface area (Å²) in [4.78, 5) is 15.3. The van der Waals surface area contributed by atoms with Crippen molar-refractivity contribution < 1.29 is 9.90 Å². The first kappa shape index (κ1) is 12.7. The average Bonchev–Trinajstić information content (AvgIpc) is 2.90. The lowest BCUT2D eigenvalue weighted by molar-refractivity contribution is -0.110. The summed E-state index contributed by atoms with van der Waals surface area (Å²) in [7, 11) is 0. The number of aromatic amines is 1. The number of carbonyl (C=O) groups is 1. The largest absolute Gasteiger partial charge is 0.392 e. The monoisotopic (exact) mass is 268 g/mol. The van der Waals surface area contributed by atoms with E-state index in [0.29, 0.717) is 5.57 Å². The Bertz CT molecular complexity index is 726. The van der Waals surface area contributed by atoms with Crippen LogP contribution in [0.15, 0.2) is 24.3 Å². The maximum Gasteiger partial charge on any atom is 0.256 e. The van der Waals surface area contributed by atoms with Gasteiger partial charge in [0.05, 0.1) is 12.2 Å². The van der Waals surface area contributed by atoms with Crippen molar-refractivity contribution in [2.45, 2.75) is 20.5 Å². The highest BCUT2D eigenvalue weighted by Gasteiger charge is 2.24. The Morgan fingerprint density at radius 1 is 1.25 bits per heavy atom. The van der Waals surface area contributed by atoms with E-state index in [0.717, 1.165) is 33.8 Å². The molecule has 0 radical (unpaired) electrons. The molecule has 3 rings (SSSR count). The molecule has 0 spiro atoms. The van der Waals surface area contributed by atoms with E-state index in [2.05, 4.69) is 10.3 Å². The highest BCUT2D eigenvalue weighted by Crippen LogP contribution is 2.34. The van der Waals surface area contributed by atoms with Crippen LogP contribution < -0.4 is 5.32 Å². The van der Waals surface area contributed by atoms with Gasteiger partial charge in [-0.25, -0.2) is 0 Å². The molecular weight excluding hydrogens is 252 g/mol. The zero-order chi connectivity index (χ0) is 14.3. The number of fused-ring (bicyclic) bond motifs is 1. The number of hydrogen-bond acceptors (Lipinski definition) is 2. The summed E-state index contributed by atoms with van der Waals surface area (Å²) in [5.41, 5.74) is 6.17. The van der Waals surface area contributed by atoms with Crippen LogP contribution in [-0.4, -0.2) is 16.0 Å². The van der Waals surface area contributed by atoms with Crippen molar-refractivity contribution in [3.63, 3.8) is 0 Å². The lowest BCUT2D eigenvalue weighted by Crippen LogP contribution is -2.03. The summed E-state index contributed by atoms with van der Waals surface area (Å²) in [5.74, 6) is -0.109. The van der Waals surface area contributed by atoms with Gasteiger partial charge in [0.1, 0.15) is 0 Å². The van der Waals surface area contributed by atoms with Crippen molar-refractivity contribution in [1.29, 1.82) is 0 Å². The van der Waals surface area contributed by atoms with Crippen LogP contribution in [-0.2, 0) is 11.4 Å². The maximum atomic E-state index is 12.1. The molecule has 3 N–H and O–H groups in total. The quantitative estimate of drug-likeness (QED) is 0.733. The van der Waals surface area contributed by atoms with Crippen molar-refractivity contribution in [2.24, 2.45) is 0 Å². The van der Waals surface area contributed by atoms with Gasteiger partial charge in [0.2, 0.25) is 0 Å². The third-order valence-electron chi connectivity index (χ3n) is 3.53. The van der Waals surface area contributed by atoms with E-state index < -0.39 is 0 Å². The molecule has 2 aromatic rings. The Morgan fingerprint density at radius 3 is 2.70 bits per heavy atom. The predicted octanol–water partition coefficient (Wildman–Crippen LogP) is 2.62. The molecule has 1 aliphatic rings. The molecule has 102 valence electrons. The fraction of sp³-hybridized carbons (Fsp3) is 0.188. The normalized spacial score (nSPS) is 15.6. The number of aliphatic hydroxyl groups excluding tert-OH is 1. The van der Waals surface area contributed by atoms with E-state index in [1.165, 1.54) is 0 Å². The molecule has 20 heavy (non-hydrogen) atoms. The van der Waals surface area contributed by atoms with Crippen LogP contribution in [0.25, 0.3) is 11.6 Å². The number of amides is 1. The molecule has 1 amide bonds. The van der Waals surface area contributed by atoms with Gasteiger partial charge in [-0.05, 0) is 49.2 Å². The Kier molecular flexibility index (Phi) is 2.95. The fourth-order valence-electron chi connectivity index (χ4n) is 2.52. The number of anilines is 1. The van der Waals surface area contributed by atoms with Crippen LogP contribution in [0.4, 0.5) is 5.69 Å². The molecule has 4 nitrogen and oxygen atoms in total. The Balaban J connectivity index is 2.11. The molecule has 0 unspecified atom stereocenters. The van der Waals surface area contributed by atoms with Gasteiger partial charge < -0.3 is 15.4 Å². The number of carbonyl (C=O) groups excluding carboxylic acids is 1. The molecule has 0 fully saturated rings. The average molecular weight is 268 g/mol. The lowest BCUT2D eigenvalue weighted by atomic mass is 10.0. The number of nitrogens with one attached hydrogen (secondary N) is 2. The molecule has 0 saturated carbocycles. The van der Waals surface area contributed by atoms with Gasteiger partial charge in [-0.2, -0.15) is 0 Å². The smallest absolute Gasteiger partial charge is 0.256 e. The Morgan fingerprint density at radius 2 is 2.05 bits per heavy atom. The summed E-state index contributed by atoms with van der Waals surface area (Å²) in [6.07, 6.45) is 1.87. The van der Waals surface area contributed by atoms with Gasteiger partial charge in [0.15, 0.2) is 0 Å². The first-order valence-corrected chi connectivity index (χ1v) is 6.52. The number of aromatic nitrogens is 1. The maximum absolute atomic E-state index is 12.1. The molecule has 1 aromatic carbocycles. The van der Waals surface area contributed by atoms with E-state index >= 15 is 0 Å². The van der Waals surface area contributed by atoms with Crippen LogP contribution in [0.1, 0.15) is 28.1 Å². The zero-order valence-corrected chi connectivity index (χ0v) is 11.4. The number of H-pyrrole nitrogens is 1. The van der Waals surface area contributed by atoms with Crippen molar-refractivity contribution in [3.05, 3.63) is 52.3 Å². The van der Waals surface area contributed by atoms with Crippen molar-refractivity contribution in [1.82, 2.24) is 4.98 Å². The molecule has 0 aliphatic carbocycles. The van der Waals surface area contributed by atoms with Gasteiger partial charge in [-0.15, -0.1) is 0 Å². The predicted molar refractivity (Wildman–Crippen MR) is 79.1 cm³/mol. The first-order valence-electron chi connectivity index (χ1n) is 6.52. The molecule has 2 heterocycles. The van der Waals surface area contributed by atoms with Crippen LogP contribution in [0.2, 0.25) is 0 Å². The van der Waals surface area contributed by atoms with Gasteiger partial charge >= 0.3 is 0 Å². The van der Waals surface area contributed by atoms with Crippen molar-refractivity contribution in [3.8, 4) is 0 Å². The van der Waals surface area contributed by atoms with E-state index in [1.54, 1.807) is 0 Å². The molecule has 0 atom stereocenters. The summed E-state index contributed by atoms with van der Waals surface area (Å²) < 4.78 is 0.